The van der Waals surface area contributed by atoms with E-state index in [4.69, 9.17) is 0 Å². The monoisotopic (exact) mass is 415 g/mol. The number of hydrogen-bond acceptors (Lipinski definition) is 4. The van der Waals surface area contributed by atoms with E-state index in [9.17, 15) is 20.1 Å². The Bertz CT molecular complexity index is 673. The molecule has 1 aliphatic carbocycles. The van der Waals surface area contributed by atoms with E-state index in [1.807, 2.05) is 55.5 Å². The van der Waals surface area contributed by atoms with E-state index >= 15 is 0 Å². The molecule has 5 atom stereocenters. The molecule has 1 amide bonds. The predicted molar refractivity (Wildman–Crippen MR) is 120 cm³/mol. The number of hydrogen-bond donors (Lipinski definition) is 4. The molecule has 1 aromatic carbocycles. The van der Waals surface area contributed by atoms with Crippen LogP contribution in [0.1, 0.15) is 51.0 Å². The Labute approximate surface area is 180 Å². The summed E-state index contributed by atoms with van der Waals surface area (Å²) >= 11 is 0. The van der Waals surface area contributed by atoms with E-state index < -0.39 is 18.3 Å². The van der Waals surface area contributed by atoms with Gasteiger partial charge in [0.05, 0.1) is 18.3 Å². The number of allylic oxidation sites excluding steroid dienone is 2. The lowest BCUT2D eigenvalue weighted by molar-refractivity contribution is -0.121. The third-order valence-electron chi connectivity index (χ3n) is 5.77. The van der Waals surface area contributed by atoms with E-state index in [0.29, 0.717) is 32.2 Å². The summed E-state index contributed by atoms with van der Waals surface area (Å²) in [7, 11) is 0. The molecule has 1 fully saturated rings. The SMILES string of the molecule is CCNC(=O)CCCC=CC[C@@H]1[C@H](/C=C/[C@@H](O)CCc2ccccc2)[C@H](O)C[C@H]1O. The Morgan fingerprint density at radius 1 is 1.20 bits per heavy atom. The zero-order valence-electron chi connectivity index (χ0n) is 18.0. The summed E-state index contributed by atoms with van der Waals surface area (Å²) in [5, 5.41) is 33.8. The minimum Gasteiger partial charge on any atom is -0.393 e. The van der Waals surface area contributed by atoms with Crippen LogP contribution in [0.5, 0.6) is 0 Å². The normalized spacial score (nSPS) is 25.2. The molecule has 0 bridgehead atoms. The van der Waals surface area contributed by atoms with Crippen LogP contribution >= 0.6 is 0 Å². The third-order valence-corrected chi connectivity index (χ3v) is 5.77. The molecular formula is C25H37NO4. The maximum absolute atomic E-state index is 11.4. The number of benzene rings is 1. The molecule has 166 valence electrons. The molecular weight excluding hydrogens is 378 g/mol. The summed E-state index contributed by atoms with van der Waals surface area (Å²) in [6, 6.07) is 10.1. The molecule has 1 saturated carbocycles. The second-order valence-corrected chi connectivity index (χ2v) is 8.14. The van der Waals surface area contributed by atoms with E-state index in [1.54, 1.807) is 6.08 Å². The molecule has 0 unspecified atom stereocenters. The second-order valence-electron chi connectivity index (χ2n) is 8.14. The second kappa shape index (κ2) is 13.4. The first-order valence-corrected chi connectivity index (χ1v) is 11.2. The topological polar surface area (TPSA) is 89.8 Å². The fourth-order valence-electron chi connectivity index (χ4n) is 4.06. The van der Waals surface area contributed by atoms with Gasteiger partial charge < -0.3 is 20.6 Å². The third kappa shape index (κ3) is 8.42. The van der Waals surface area contributed by atoms with Crippen molar-refractivity contribution in [3.05, 3.63) is 60.2 Å². The van der Waals surface area contributed by atoms with Crippen LogP contribution < -0.4 is 5.32 Å². The predicted octanol–water partition coefficient (Wildman–Crippen LogP) is 3.15. The summed E-state index contributed by atoms with van der Waals surface area (Å²) in [5.74, 6) is -0.139. The highest BCUT2D eigenvalue weighted by Crippen LogP contribution is 2.36. The maximum Gasteiger partial charge on any atom is 0.219 e. The Hall–Kier alpha value is -1.95. The van der Waals surface area contributed by atoms with Crippen LogP contribution in [-0.4, -0.2) is 46.1 Å². The molecule has 30 heavy (non-hydrogen) atoms. The van der Waals surface area contributed by atoms with Crippen LogP contribution in [0, 0.1) is 11.8 Å². The van der Waals surface area contributed by atoms with Gasteiger partial charge in [0.2, 0.25) is 5.91 Å². The zero-order chi connectivity index (χ0) is 21.8. The number of aliphatic hydroxyl groups excluding tert-OH is 3. The molecule has 0 heterocycles. The Kier molecular flexibility index (Phi) is 10.8. The summed E-state index contributed by atoms with van der Waals surface area (Å²) < 4.78 is 0. The molecule has 2 rings (SSSR count). The van der Waals surface area contributed by atoms with Gasteiger partial charge in [-0.1, -0.05) is 54.6 Å². The Balaban J connectivity index is 1.78. The Morgan fingerprint density at radius 3 is 2.70 bits per heavy atom. The summed E-state index contributed by atoms with van der Waals surface area (Å²) in [6.07, 6.45) is 10.6. The largest absolute Gasteiger partial charge is 0.393 e. The highest BCUT2D eigenvalue weighted by atomic mass is 16.3. The minimum absolute atomic E-state index is 0.0581. The van der Waals surface area contributed by atoms with Crippen LogP contribution in [0.15, 0.2) is 54.6 Å². The standard InChI is InChI=1S/C25H37NO4/c1-2-26-25(30)13-9-4-3-8-12-21-22(24(29)18-23(21)28)17-16-20(27)15-14-19-10-6-5-7-11-19/h3,5-8,10-11,16-17,20-24,27-29H,2,4,9,12-15,18H2,1H3,(H,26,30)/b8-3?,17-16+/t20-,21+,22-,23+,24+/m0/s1. The molecule has 0 saturated heterocycles. The van der Waals surface area contributed by atoms with Gasteiger partial charge >= 0.3 is 0 Å². The molecule has 1 aromatic rings. The number of amides is 1. The zero-order valence-corrected chi connectivity index (χ0v) is 18.0. The van der Waals surface area contributed by atoms with Crippen molar-refractivity contribution in [2.24, 2.45) is 11.8 Å². The van der Waals surface area contributed by atoms with Crippen LogP contribution in [0.2, 0.25) is 0 Å². The first-order valence-electron chi connectivity index (χ1n) is 11.2. The van der Waals surface area contributed by atoms with Gasteiger partial charge in [0.15, 0.2) is 0 Å². The summed E-state index contributed by atoms with van der Waals surface area (Å²) in [4.78, 5) is 11.4. The van der Waals surface area contributed by atoms with Crippen molar-refractivity contribution in [2.75, 3.05) is 6.54 Å². The van der Waals surface area contributed by atoms with E-state index in [2.05, 4.69) is 5.32 Å². The fourth-order valence-corrected chi connectivity index (χ4v) is 4.06. The first-order chi connectivity index (χ1) is 14.5. The van der Waals surface area contributed by atoms with Crippen LogP contribution in [0.3, 0.4) is 0 Å². The number of carbonyl (C=O) groups excluding carboxylic acids is 1. The van der Waals surface area contributed by atoms with Crippen molar-refractivity contribution >= 4 is 5.91 Å². The molecule has 4 N–H and O–H groups in total. The number of rotatable bonds is 12. The highest BCUT2D eigenvalue weighted by Gasteiger charge is 2.39. The molecule has 1 aliphatic rings. The lowest BCUT2D eigenvalue weighted by Gasteiger charge is -2.19. The van der Waals surface area contributed by atoms with Gasteiger partial charge in [-0.15, -0.1) is 0 Å². The molecule has 5 heteroatoms. The van der Waals surface area contributed by atoms with E-state index in [0.717, 1.165) is 19.3 Å². The van der Waals surface area contributed by atoms with Crippen molar-refractivity contribution in [3.8, 4) is 0 Å². The van der Waals surface area contributed by atoms with Crippen molar-refractivity contribution in [1.82, 2.24) is 5.32 Å². The van der Waals surface area contributed by atoms with Crippen LogP contribution in [0.25, 0.3) is 0 Å². The number of unbranched alkanes of at least 4 members (excludes halogenated alkanes) is 1. The van der Waals surface area contributed by atoms with Gasteiger partial charge in [-0.05, 0) is 50.5 Å². The van der Waals surface area contributed by atoms with E-state index in [-0.39, 0.29) is 17.7 Å². The van der Waals surface area contributed by atoms with Gasteiger partial charge in [-0.3, -0.25) is 4.79 Å². The lowest BCUT2D eigenvalue weighted by atomic mass is 9.89. The van der Waals surface area contributed by atoms with Gasteiger partial charge in [0.1, 0.15) is 0 Å². The van der Waals surface area contributed by atoms with Crippen LogP contribution in [-0.2, 0) is 11.2 Å². The highest BCUT2D eigenvalue weighted by molar-refractivity contribution is 5.75. The van der Waals surface area contributed by atoms with Gasteiger partial charge in [-0.2, -0.15) is 0 Å². The molecule has 0 spiro atoms. The number of aryl methyl sites for hydroxylation is 1. The smallest absolute Gasteiger partial charge is 0.219 e. The fraction of sp³-hybridized carbons (Fsp3) is 0.560. The summed E-state index contributed by atoms with van der Waals surface area (Å²) in [6.45, 7) is 2.57. The average molecular weight is 416 g/mol. The molecule has 0 radical (unpaired) electrons. The van der Waals surface area contributed by atoms with Crippen molar-refractivity contribution in [1.29, 1.82) is 0 Å². The average Bonchev–Trinajstić information content (AvgIpc) is 3.00. The maximum atomic E-state index is 11.4. The quantitative estimate of drug-likeness (QED) is 0.312. The van der Waals surface area contributed by atoms with Gasteiger partial charge in [0, 0.05) is 25.3 Å². The van der Waals surface area contributed by atoms with E-state index in [1.165, 1.54) is 5.56 Å². The van der Waals surface area contributed by atoms with Crippen molar-refractivity contribution in [2.45, 2.75) is 70.2 Å². The van der Waals surface area contributed by atoms with Gasteiger partial charge in [0.25, 0.3) is 0 Å². The van der Waals surface area contributed by atoms with Crippen molar-refractivity contribution in [3.63, 3.8) is 0 Å². The summed E-state index contributed by atoms with van der Waals surface area (Å²) in [5.41, 5.74) is 1.19. The number of carbonyl (C=O) groups is 1. The van der Waals surface area contributed by atoms with Crippen LogP contribution in [0.4, 0.5) is 0 Å². The number of aliphatic hydroxyl groups is 3. The molecule has 5 nitrogen and oxygen atoms in total. The first kappa shape index (κ1) is 24.3. The molecule has 0 aromatic heterocycles. The van der Waals surface area contributed by atoms with Gasteiger partial charge in [-0.25, -0.2) is 0 Å². The Morgan fingerprint density at radius 2 is 1.97 bits per heavy atom. The molecule has 0 aliphatic heterocycles. The lowest BCUT2D eigenvalue weighted by Crippen LogP contribution is -2.21. The minimum atomic E-state index is -0.589. The number of nitrogens with one attached hydrogen (secondary N) is 1. The van der Waals surface area contributed by atoms with Crippen molar-refractivity contribution < 1.29 is 20.1 Å².